The Morgan fingerprint density at radius 1 is 1.16 bits per heavy atom. The van der Waals surface area contributed by atoms with E-state index in [9.17, 15) is 24.0 Å². The van der Waals surface area contributed by atoms with Crippen molar-refractivity contribution in [3.63, 3.8) is 0 Å². The number of ketones is 2. The lowest BCUT2D eigenvalue weighted by atomic mass is 9.50. The molecule has 10 heteroatoms. The number of ether oxygens (including phenoxy) is 4. The highest BCUT2D eigenvalue weighted by molar-refractivity contribution is 6.47. The predicted molar refractivity (Wildman–Crippen MR) is 131 cm³/mol. The van der Waals surface area contributed by atoms with E-state index in [-0.39, 0.29) is 18.1 Å². The summed E-state index contributed by atoms with van der Waals surface area (Å²) in [5, 5.41) is 0. The van der Waals surface area contributed by atoms with Crippen molar-refractivity contribution < 1.29 is 42.9 Å². The zero-order valence-corrected chi connectivity index (χ0v) is 22.3. The van der Waals surface area contributed by atoms with Crippen molar-refractivity contribution in [1.82, 2.24) is 4.90 Å². The Balaban J connectivity index is 1.74. The molecule has 3 fully saturated rings. The number of cyclic esters (lactones) is 1. The third kappa shape index (κ3) is 3.82. The van der Waals surface area contributed by atoms with Gasteiger partial charge in [-0.15, -0.1) is 0 Å². The number of carbonyl (C=O) groups is 5. The Morgan fingerprint density at radius 3 is 2.50 bits per heavy atom. The first kappa shape index (κ1) is 26.6. The van der Waals surface area contributed by atoms with Crippen LogP contribution in [0.1, 0.15) is 52.9 Å². The van der Waals surface area contributed by atoms with Gasteiger partial charge in [0, 0.05) is 49.7 Å². The number of likely N-dealkylation sites (tertiary alicyclic amines) is 1. The van der Waals surface area contributed by atoms with Crippen molar-refractivity contribution in [1.29, 1.82) is 0 Å². The minimum atomic E-state index is -1.18. The van der Waals surface area contributed by atoms with Crippen molar-refractivity contribution in [3.05, 3.63) is 22.9 Å². The van der Waals surface area contributed by atoms with E-state index in [1.807, 2.05) is 18.7 Å². The third-order valence-electron chi connectivity index (χ3n) is 9.52. The maximum absolute atomic E-state index is 14.0. The molecule has 10 nitrogen and oxygen atoms in total. The highest BCUT2D eigenvalue weighted by Crippen LogP contribution is 2.63. The fourth-order valence-electron chi connectivity index (χ4n) is 7.83. The molecule has 0 amide bonds. The van der Waals surface area contributed by atoms with Gasteiger partial charge in [0.2, 0.25) is 11.6 Å². The van der Waals surface area contributed by atoms with Crippen molar-refractivity contribution >= 4 is 30.0 Å². The normalized spacial score (nSPS) is 39.5. The molecular formula is C28H35NO9. The summed E-state index contributed by atoms with van der Waals surface area (Å²) in [5.74, 6) is -3.99. The molecule has 2 unspecified atom stereocenters. The summed E-state index contributed by atoms with van der Waals surface area (Å²) >= 11 is 0. The fraction of sp³-hybridized carbons (Fsp3) is 0.679. The maximum atomic E-state index is 14.0. The van der Waals surface area contributed by atoms with Gasteiger partial charge in [-0.25, -0.2) is 4.79 Å². The van der Waals surface area contributed by atoms with E-state index in [0.29, 0.717) is 36.9 Å². The molecular weight excluding hydrogens is 494 g/mol. The number of esters is 2. The zero-order chi connectivity index (χ0) is 27.4. The summed E-state index contributed by atoms with van der Waals surface area (Å²) in [6.07, 6.45) is 2.72. The van der Waals surface area contributed by atoms with Crippen LogP contribution in [0.3, 0.4) is 0 Å². The van der Waals surface area contributed by atoms with E-state index in [0.717, 1.165) is 25.9 Å². The summed E-state index contributed by atoms with van der Waals surface area (Å²) in [6, 6.07) is 0. The van der Waals surface area contributed by atoms with Crippen LogP contribution in [0.5, 0.6) is 0 Å². The van der Waals surface area contributed by atoms with Gasteiger partial charge < -0.3 is 23.8 Å². The van der Waals surface area contributed by atoms with E-state index in [2.05, 4.69) is 0 Å². The Hall–Kier alpha value is -3.01. The van der Waals surface area contributed by atoms with E-state index in [1.165, 1.54) is 14.0 Å². The van der Waals surface area contributed by atoms with E-state index in [4.69, 9.17) is 18.9 Å². The topological polar surface area (TPSA) is 126 Å². The van der Waals surface area contributed by atoms with E-state index in [1.54, 1.807) is 6.20 Å². The molecule has 0 aromatic rings. The average Bonchev–Trinajstić information content (AvgIpc) is 3.48. The minimum absolute atomic E-state index is 0.000408. The van der Waals surface area contributed by atoms with Gasteiger partial charge in [0.15, 0.2) is 0 Å². The average molecular weight is 530 g/mol. The number of hydrogen-bond acceptors (Lipinski definition) is 10. The Morgan fingerprint density at radius 2 is 1.87 bits per heavy atom. The molecule has 5 aliphatic rings. The van der Waals surface area contributed by atoms with Gasteiger partial charge >= 0.3 is 11.9 Å². The quantitative estimate of drug-likeness (QED) is 0.166. The number of nitrogens with zero attached hydrogens (tertiary/aromatic N) is 1. The second kappa shape index (κ2) is 9.63. The van der Waals surface area contributed by atoms with Gasteiger partial charge in [-0.3, -0.25) is 19.2 Å². The Kier molecular flexibility index (Phi) is 6.74. The first-order chi connectivity index (χ1) is 18.1. The molecule has 0 aromatic heterocycles. The molecule has 0 aromatic carbocycles. The standard InChI is InChI=1S/C28H35NO9/c1-15(31)37-18-11-27(2)17(7-8-19(27)36-14-30)21-23(18)28(3)20(13-35-4)38-26(34)16(12-29-9-5-6-10-29)22(28)25(33)24(21)32/h12,14,17-20,22H,5-11,13H2,1-4H3/t17?,18-,19+,20-,22?,27+,28+/m1/s1. The summed E-state index contributed by atoms with van der Waals surface area (Å²) in [5.41, 5.74) is -0.908. The van der Waals surface area contributed by atoms with Crippen LogP contribution < -0.4 is 0 Å². The first-order valence-electron chi connectivity index (χ1n) is 13.3. The largest absolute Gasteiger partial charge is 0.464 e. The van der Waals surface area contributed by atoms with Crippen LogP contribution in [0, 0.1) is 22.7 Å². The first-order valence-corrected chi connectivity index (χ1v) is 13.3. The summed E-state index contributed by atoms with van der Waals surface area (Å²) in [4.78, 5) is 67.0. The summed E-state index contributed by atoms with van der Waals surface area (Å²) < 4.78 is 22.7. The lowest BCUT2D eigenvalue weighted by molar-refractivity contribution is -0.175. The van der Waals surface area contributed by atoms with Crippen molar-refractivity contribution in [2.24, 2.45) is 22.7 Å². The number of allylic oxidation sites excluding steroid dienone is 1. The molecule has 0 spiro atoms. The Bertz CT molecular complexity index is 1140. The smallest absolute Gasteiger partial charge is 0.336 e. The van der Waals surface area contributed by atoms with Crippen LogP contribution in [0.25, 0.3) is 0 Å². The third-order valence-corrected chi connectivity index (χ3v) is 9.52. The van der Waals surface area contributed by atoms with Crippen molar-refractivity contribution in [2.75, 3.05) is 26.8 Å². The second-order valence-corrected chi connectivity index (χ2v) is 11.6. The monoisotopic (exact) mass is 529 g/mol. The van der Waals surface area contributed by atoms with E-state index >= 15 is 0 Å². The van der Waals surface area contributed by atoms with E-state index < -0.39 is 58.6 Å². The molecule has 3 aliphatic carbocycles. The number of Topliss-reactive ketones (excluding diaryl/α,β-unsaturated/α-hetero) is 2. The zero-order valence-electron chi connectivity index (χ0n) is 22.3. The highest BCUT2D eigenvalue weighted by atomic mass is 16.6. The van der Waals surface area contributed by atoms with Gasteiger partial charge in [0.25, 0.3) is 6.47 Å². The molecule has 1 saturated carbocycles. The lowest BCUT2D eigenvalue weighted by Crippen LogP contribution is -2.63. The number of rotatable bonds is 6. The fourth-order valence-corrected chi connectivity index (χ4v) is 7.83. The molecule has 5 rings (SSSR count). The second-order valence-electron chi connectivity index (χ2n) is 11.6. The Labute approximate surface area is 221 Å². The molecule has 2 heterocycles. The predicted octanol–water partition coefficient (Wildman–Crippen LogP) is 1.90. The molecule has 38 heavy (non-hydrogen) atoms. The van der Waals surface area contributed by atoms with Gasteiger partial charge in [-0.1, -0.05) is 13.8 Å². The van der Waals surface area contributed by atoms with Gasteiger partial charge in [0.1, 0.15) is 18.3 Å². The summed E-state index contributed by atoms with van der Waals surface area (Å²) in [7, 11) is 1.48. The molecule has 206 valence electrons. The van der Waals surface area contributed by atoms with Crippen LogP contribution in [-0.4, -0.2) is 80.0 Å². The van der Waals surface area contributed by atoms with Crippen LogP contribution >= 0.6 is 0 Å². The lowest BCUT2D eigenvalue weighted by Gasteiger charge is -2.56. The highest BCUT2D eigenvalue weighted by Gasteiger charge is 2.68. The van der Waals surface area contributed by atoms with Crippen LogP contribution in [0.2, 0.25) is 0 Å². The molecule has 0 N–H and O–H groups in total. The summed E-state index contributed by atoms with van der Waals surface area (Å²) in [6.45, 7) is 6.91. The molecule has 2 aliphatic heterocycles. The van der Waals surface area contributed by atoms with Gasteiger partial charge in [-0.05, 0) is 43.6 Å². The van der Waals surface area contributed by atoms with Crippen molar-refractivity contribution in [2.45, 2.75) is 71.2 Å². The molecule has 0 bridgehead atoms. The number of carbonyl (C=O) groups excluding carboxylic acids is 5. The SMILES string of the molecule is COC[C@H]1OC(=O)C(=CN2CCCC2)C2C(=O)C(=O)C3=C([C@H](OC(C)=O)C[C@@]4(C)C3CC[C@@H]4OC=O)[C@]21C. The number of methoxy groups -OCH3 is 1. The molecule has 2 saturated heterocycles. The maximum Gasteiger partial charge on any atom is 0.336 e. The van der Waals surface area contributed by atoms with Gasteiger partial charge in [-0.2, -0.15) is 0 Å². The molecule has 7 atom stereocenters. The van der Waals surface area contributed by atoms with Crippen LogP contribution in [0.15, 0.2) is 22.9 Å². The number of fused-ring (bicyclic) bond motifs is 4. The minimum Gasteiger partial charge on any atom is -0.464 e. The van der Waals surface area contributed by atoms with Crippen LogP contribution in [-0.2, 0) is 42.9 Å². The van der Waals surface area contributed by atoms with Crippen LogP contribution in [0.4, 0.5) is 0 Å². The molecule has 0 radical (unpaired) electrons. The van der Waals surface area contributed by atoms with Crippen molar-refractivity contribution in [3.8, 4) is 0 Å². The van der Waals surface area contributed by atoms with Gasteiger partial charge in [0.05, 0.1) is 18.1 Å². The number of hydrogen-bond donors (Lipinski definition) is 0.